The Morgan fingerprint density at radius 1 is 0.587 bits per heavy atom. The highest BCUT2D eigenvalue weighted by Gasteiger charge is 2.41. The average molecular weight is 617 g/mol. The van der Waals surface area contributed by atoms with Gasteiger partial charge < -0.3 is 9.47 Å². The number of hydrogen-bond donors (Lipinski definition) is 0. The molecule has 2 aliphatic rings. The highest BCUT2D eigenvalue weighted by Crippen LogP contribution is 2.34. The number of ether oxygens (including phenoxy) is 2. The second kappa shape index (κ2) is 13.7. The van der Waals surface area contributed by atoms with Gasteiger partial charge in [0, 0.05) is 12.8 Å². The van der Waals surface area contributed by atoms with E-state index in [0.717, 1.165) is 34.4 Å². The zero-order chi connectivity index (χ0) is 32.9. The molecule has 4 aromatic rings. The first-order valence-corrected chi connectivity index (χ1v) is 15.8. The van der Waals surface area contributed by atoms with Gasteiger partial charge in [-0.2, -0.15) is 0 Å². The van der Waals surface area contributed by atoms with Crippen LogP contribution in [0.4, 0.5) is 0 Å². The number of carbonyl (C=O) groups excluding carboxylic acids is 4. The van der Waals surface area contributed by atoms with E-state index >= 15 is 0 Å². The molecule has 4 aromatic carbocycles. The van der Waals surface area contributed by atoms with Crippen LogP contribution in [0.5, 0.6) is 0 Å². The number of benzene rings is 4. The van der Waals surface area contributed by atoms with Crippen molar-refractivity contribution in [2.24, 2.45) is 0 Å². The van der Waals surface area contributed by atoms with E-state index in [1.807, 2.05) is 98.8 Å². The third kappa shape index (κ3) is 7.02. The summed E-state index contributed by atoms with van der Waals surface area (Å²) in [5, 5.41) is 3.89. The molecule has 6 heteroatoms. The number of esters is 2. The molecule has 0 saturated carbocycles. The number of allylic oxidation sites excluding steroid dienone is 2. The van der Waals surface area contributed by atoms with Crippen LogP contribution >= 0.6 is 0 Å². The van der Waals surface area contributed by atoms with Crippen molar-refractivity contribution in [1.82, 2.24) is 0 Å². The standard InChI is InChI=1S/2C20H20O3/c1-14-10-12-20(13-11-14,15(2)21)23-19(22)18-9-5-7-16-6-3-4-8-17(16)18;1-14-9-11-20(12-10-14,15(2)21)23-19(22)18-8-7-16-5-3-4-6-17(16)13-18/h3-10H,11-13H2,1-2H3;3-9,13H,10-12H2,1-2H3. The Balaban J connectivity index is 0.000000181. The minimum atomic E-state index is -1.02. The molecule has 0 N–H and O–H groups in total. The summed E-state index contributed by atoms with van der Waals surface area (Å²) in [6.45, 7) is 7.08. The Labute approximate surface area is 270 Å². The van der Waals surface area contributed by atoms with Crippen molar-refractivity contribution in [2.75, 3.05) is 0 Å². The van der Waals surface area contributed by atoms with Crippen molar-refractivity contribution < 1.29 is 28.7 Å². The van der Waals surface area contributed by atoms with E-state index in [2.05, 4.69) is 0 Å². The highest BCUT2D eigenvalue weighted by atomic mass is 16.6. The predicted octanol–water partition coefficient (Wildman–Crippen LogP) is 8.91. The Hall–Kier alpha value is -4.84. The maximum atomic E-state index is 12.7. The maximum absolute atomic E-state index is 12.7. The summed E-state index contributed by atoms with van der Waals surface area (Å²) in [6, 6.07) is 26.6. The van der Waals surface area contributed by atoms with Gasteiger partial charge in [0.2, 0.25) is 0 Å². The number of ketones is 2. The summed E-state index contributed by atoms with van der Waals surface area (Å²) >= 11 is 0. The minimum Gasteiger partial charge on any atom is -0.447 e. The third-order valence-electron chi connectivity index (χ3n) is 9.26. The van der Waals surface area contributed by atoms with Crippen molar-refractivity contribution in [3.63, 3.8) is 0 Å². The number of hydrogen-bond acceptors (Lipinski definition) is 6. The van der Waals surface area contributed by atoms with Crippen LogP contribution in [-0.2, 0) is 19.1 Å². The number of carbonyl (C=O) groups is 4. The second-order valence-corrected chi connectivity index (χ2v) is 12.5. The molecular weight excluding hydrogens is 576 g/mol. The van der Waals surface area contributed by atoms with Crippen LogP contribution in [0.3, 0.4) is 0 Å². The van der Waals surface area contributed by atoms with Crippen LogP contribution < -0.4 is 0 Å². The van der Waals surface area contributed by atoms with Gasteiger partial charge in [-0.05, 0) is 93.1 Å². The van der Waals surface area contributed by atoms with Gasteiger partial charge in [-0.3, -0.25) is 9.59 Å². The normalized spacial score (nSPS) is 20.9. The molecule has 2 atom stereocenters. The molecule has 0 saturated heterocycles. The van der Waals surface area contributed by atoms with Crippen LogP contribution in [0, 0.1) is 0 Å². The summed E-state index contributed by atoms with van der Waals surface area (Å²) in [5.74, 6) is -1.03. The molecule has 2 unspecified atom stereocenters. The molecule has 0 fully saturated rings. The Morgan fingerprint density at radius 3 is 1.67 bits per heavy atom. The fourth-order valence-corrected chi connectivity index (χ4v) is 6.04. The summed E-state index contributed by atoms with van der Waals surface area (Å²) < 4.78 is 11.4. The van der Waals surface area contributed by atoms with Crippen molar-refractivity contribution in [2.45, 2.75) is 77.4 Å². The van der Waals surface area contributed by atoms with E-state index in [0.29, 0.717) is 36.8 Å². The van der Waals surface area contributed by atoms with Gasteiger partial charge in [0.05, 0.1) is 11.1 Å². The van der Waals surface area contributed by atoms with Crippen LogP contribution in [0.1, 0.15) is 86.9 Å². The lowest BCUT2D eigenvalue weighted by molar-refractivity contribution is -0.137. The molecular formula is C40H40O6. The first-order valence-electron chi connectivity index (χ1n) is 15.8. The molecule has 6 nitrogen and oxygen atoms in total. The molecule has 6 rings (SSSR count). The van der Waals surface area contributed by atoms with E-state index in [-0.39, 0.29) is 11.6 Å². The van der Waals surface area contributed by atoms with Gasteiger partial charge in [0.25, 0.3) is 0 Å². The van der Waals surface area contributed by atoms with Crippen molar-refractivity contribution >= 4 is 45.0 Å². The fraction of sp³-hybridized carbons (Fsp3) is 0.300. The van der Waals surface area contributed by atoms with Crippen LogP contribution in [0.15, 0.2) is 108 Å². The van der Waals surface area contributed by atoms with E-state index in [1.165, 1.54) is 25.0 Å². The van der Waals surface area contributed by atoms with Crippen LogP contribution in [0.25, 0.3) is 21.5 Å². The third-order valence-corrected chi connectivity index (χ3v) is 9.26. The molecule has 0 spiro atoms. The monoisotopic (exact) mass is 616 g/mol. The number of rotatable bonds is 6. The summed E-state index contributed by atoms with van der Waals surface area (Å²) in [6.07, 6.45) is 7.61. The zero-order valence-corrected chi connectivity index (χ0v) is 26.9. The number of Topliss-reactive ketones (excluding diaryl/α,β-unsaturated/α-hetero) is 2. The second-order valence-electron chi connectivity index (χ2n) is 12.5. The predicted molar refractivity (Wildman–Crippen MR) is 181 cm³/mol. The zero-order valence-electron chi connectivity index (χ0n) is 26.9. The van der Waals surface area contributed by atoms with Gasteiger partial charge in [0.1, 0.15) is 0 Å². The first kappa shape index (κ1) is 32.6. The van der Waals surface area contributed by atoms with Crippen molar-refractivity contribution in [3.8, 4) is 0 Å². The van der Waals surface area contributed by atoms with Crippen molar-refractivity contribution in [1.29, 1.82) is 0 Å². The first-order chi connectivity index (χ1) is 22.0. The highest BCUT2D eigenvalue weighted by molar-refractivity contribution is 6.05. The summed E-state index contributed by atoms with van der Waals surface area (Å²) in [5.41, 5.74) is 1.44. The van der Waals surface area contributed by atoms with Gasteiger partial charge in [0.15, 0.2) is 22.8 Å². The molecule has 0 aliphatic heterocycles. The Kier molecular flexibility index (Phi) is 9.66. The molecule has 2 aliphatic carbocycles. The Bertz CT molecular complexity index is 1870. The molecule has 46 heavy (non-hydrogen) atoms. The summed E-state index contributed by atoms with van der Waals surface area (Å²) in [4.78, 5) is 49.5. The Morgan fingerprint density at radius 2 is 1.11 bits per heavy atom. The SMILES string of the molecule is CC(=O)C1(OC(=O)c2ccc3ccccc3c2)CC=C(C)CC1.CC(=O)C1(OC(=O)c2cccc3ccccc23)CC=C(C)CC1. The van der Waals surface area contributed by atoms with Crippen molar-refractivity contribution in [3.05, 3.63) is 119 Å². The molecule has 0 aromatic heterocycles. The van der Waals surface area contributed by atoms with E-state index < -0.39 is 23.1 Å². The minimum absolute atomic E-state index is 0.0876. The van der Waals surface area contributed by atoms with Gasteiger partial charge in [-0.15, -0.1) is 0 Å². The van der Waals surface area contributed by atoms with Gasteiger partial charge in [-0.1, -0.05) is 90.0 Å². The van der Waals surface area contributed by atoms with Gasteiger partial charge >= 0.3 is 11.9 Å². The van der Waals surface area contributed by atoms with Gasteiger partial charge in [-0.25, -0.2) is 9.59 Å². The molecule has 0 bridgehead atoms. The van der Waals surface area contributed by atoms with Crippen LogP contribution in [-0.4, -0.2) is 34.7 Å². The smallest absolute Gasteiger partial charge is 0.339 e. The number of fused-ring (bicyclic) bond motifs is 2. The quantitative estimate of drug-likeness (QED) is 0.159. The average Bonchev–Trinajstić information content (AvgIpc) is 3.06. The molecule has 0 amide bonds. The van der Waals surface area contributed by atoms with E-state index in [9.17, 15) is 19.2 Å². The van der Waals surface area contributed by atoms with E-state index in [4.69, 9.17) is 9.47 Å². The lowest BCUT2D eigenvalue weighted by atomic mass is 9.83. The summed E-state index contributed by atoms with van der Waals surface area (Å²) in [7, 11) is 0. The largest absolute Gasteiger partial charge is 0.447 e. The lowest BCUT2D eigenvalue weighted by Gasteiger charge is -2.33. The topological polar surface area (TPSA) is 86.7 Å². The maximum Gasteiger partial charge on any atom is 0.339 e. The molecule has 236 valence electrons. The fourth-order valence-electron chi connectivity index (χ4n) is 6.04. The molecule has 0 heterocycles. The lowest BCUT2D eigenvalue weighted by Crippen LogP contribution is -2.43. The van der Waals surface area contributed by atoms with Crippen LogP contribution in [0.2, 0.25) is 0 Å². The van der Waals surface area contributed by atoms with E-state index in [1.54, 1.807) is 12.1 Å². The molecule has 0 radical (unpaired) electrons.